The number of hydrogen-bond donors (Lipinski definition) is 0. The minimum Gasteiger partial charge on any atom is -0.314 e. The van der Waals surface area contributed by atoms with E-state index in [1.165, 1.54) is 28.2 Å². The van der Waals surface area contributed by atoms with Gasteiger partial charge in [-0.3, -0.25) is 4.90 Å². The zero-order chi connectivity index (χ0) is 18.8. The summed E-state index contributed by atoms with van der Waals surface area (Å²) in [4.78, 5) is 4.96. The number of piperazine rings is 1. The van der Waals surface area contributed by atoms with Gasteiger partial charge in [-0.05, 0) is 55.4 Å². The smallest absolute Gasteiger partial charge is 0.0534 e. The van der Waals surface area contributed by atoms with Gasteiger partial charge in [-0.1, -0.05) is 41.9 Å². The van der Waals surface area contributed by atoms with Gasteiger partial charge in [0.1, 0.15) is 0 Å². The number of benzene rings is 2. The van der Waals surface area contributed by atoms with E-state index in [2.05, 4.69) is 76.9 Å². The third kappa shape index (κ3) is 3.96. The van der Waals surface area contributed by atoms with E-state index >= 15 is 0 Å². The molecule has 3 aromatic rings. The summed E-state index contributed by atoms with van der Waals surface area (Å²) in [6.45, 7) is 7.77. The van der Waals surface area contributed by atoms with Crippen LogP contribution in [0.3, 0.4) is 0 Å². The molecule has 0 N–H and O–H groups in total. The van der Waals surface area contributed by atoms with Gasteiger partial charge in [0.05, 0.1) is 5.69 Å². The van der Waals surface area contributed by atoms with Crippen LogP contribution in [0.4, 0.5) is 0 Å². The van der Waals surface area contributed by atoms with Gasteiger partial charge >= 0.3 is 0 Å². The van der Waals surface area contributed by atoms with E-state index < -0.39 is 0 Å². The van der Waals surface area contributed by atoms with Crippen LogP contribution in [-0.2, 0) is 6.54 Å². The molecule has 4 heteroatoms. The highest BCUT2D eigenvalue weighted by atomic mass is 35.5. The monoisotopic (exact) mass is 379 g/mol. The quantitative estimate of drug-likeness (QED) is 0.641. The summed E-state index contributed by atoms with van der Waals surface area (Å²) in [6.07, 6.45) is 0. The van der Waals surface area contributed by atoms with E-state index in [0.29, 0.717) is 0 Å². The highest BCUT2D eigenvalue weighted by molar-refractivity contribution is 6.30. The topological polar surface area (TPSA) is 11.4 Å². The van der Waals surface area contributed by atoms with E-state index in [1.807, 2.05) is 12.1 Å². The fourth-order valence-corrected chi connectivity index (χ4v) is 3.93. The third-order valence-electron chi connectivity index (χ3n) is 5.50. The van der Waals surface area contributed by atoms with Crippen LogP contribution < -0.4 is 0 Å². The van der Waals surface area contributed by atoms with Crippen LogP contribution in [0.25, 0.3) is 16.9 Å². The van der Waals surface area contributed by atoms with Crippen LogP contribution in [0.15, 0.2) is 60.7 Å². The molecule has 0 radical (unpaired) electrons. The van der Waals surface area contributed by atoms with Crippen molar-refractivity contribution in [2.75, 3.05) is 33.2 Å². The van der Waals surface area contributed by atoms with Crippen molar-refractivity contribution < 1.29 is 0 Å². The summed E-state index contributed by atoms with van der Waals surface area (Å²) in [5.74, 6) is 0. The normalized spacial score (nSPS) is 16.0. The van der Waals surface area contributed by atoms with Gasteiger partial charge in [0.2, 0.25) is 0 Å². The Kier molecular flexibility index (Phi) is 5.35. The average Bonchev–Trinajstić information content (AvgIpc) is 3.01. The first kappa shape index (κ1) is 18.3. The average molecular weight is 380 g/mol. The molecule has 0 aliphatic carbocycles. The maximum atomic E-state index is 6.12. The number of halogens is 1. The molecule has 4 rings (SSSR count). The molecule has 0 unspecified atom stereocenters. The van der Waals surface area contributed by atoms with Crippen LogP contribution in [0, 0.1) is 6.92 Å². The van der Waals surface area contributed by atoms with Crippen LogP contribution in [0.5, 0.6) is 0 Å². The molecule has 0 saturated carbocycles. The SMILES string of the molecule is Cc1c(CN2CCN(C)CC2)cc(-c2ccc(Cl)cc2)n1-c1ccccc1. The Morgan fingerprint density at radius 3 is 2.22 bits per heavy atom. The van der Waals surface area contributed by atoms with Crippen molar-refractivity contribution in [1.29, 1.82) is 0 Å². The molecule has 1 fully saturated rings. The molecule has 0 bridgehead atoms. The van der Waals surface area contributed by atoms with Crippen LogP contribution >= 0.6 is 11.6 Å². The van der Waals surface area contributed by atoms with Crippen LogP contribution in [-0.4, -0.2) is 47.6 Å². The van der Waals surface area contributed by atoms with E-state index in [1.54, 1.807) is 0 Å². The number of hydrogen-bond acceptors (Lipinski definition) is 2. The number of rotatable bonds is 4. The van der Waals surface area contributed by atoms with Crippen LogP contribution in [0.1, 0.15) is 11.3 Å². The first-order valence-electron chi connectivity index (χ1n) is 9.55. The Morgan fingerprint density at radius 1 is 0.889 bits per heavy atom. The highest BCUT2D eigenvalue weighted by Crippen LogP contribution is 2.31. The van der Waals surface area contributed by atoms with Gasteiger partial charge in [0, 0.05) is 49.1 Å². The molecule has 27 heavy (non-hydrogen) atoms. The Bertz CT molecular complexity index is 891. The fraction of sp³-hybridized carbons (Fsp3) is 0.304. The van der Waals surface area contributed by atoms with Crippen LogP contribution in [0.2, 0.25) is 5.02 Å². The maximum absolute atomic E-state index is 6.12. The van der Waals surface area contributed by atoms with Crippen molar-refractivity contribution in [1.82, 2.24) is 14.4 Å². The van der Waals surface area contributed by atoms with Crippen molar-refractivity contribution >= 4 is 11.6 Å². The van der Waals surface area contributed by atoms with Crippen molar-refractivity contribution in [2.45, 2.75) is 13.5 Å². The molecular weight excluding hydrogens is 354 g/mol. The molecule has 140 valence electrons. The number of para-hydroxylation sites is 1. The van der Waals surface area contributed by atoms with Crippen molar-refractivity contribution in [2.24, 2.45) is 0 Å². The minimum absolute atomic E-state index is 0.769. The van der Waals surface area contributed by atoms with Gasteiger partial charge in [0.15, 0.2) is 0 Å². The van der Waals surface area contributed by atoms with Crippen molar-refractivity contribution in [3.05, 3.63) is 76.9 Å². The molecule has 2 heterocycles. The van der Waals surface area contributed by atoms with Gasteiger partial charge in [0.25, 0.3) is 0 Å². The van der Waals surface area contributed by atoms with E-state index in [9.17, 15) is 0 Å². The standard InChI is InChI=1S/C23H26ClN3/c1-18-20(17-26-14-12-25(2)13-15-26)16-23(19-8-10-21(24)11-9-19)27(18)22-6-4-3-5-7-22/h3-11,16H,12-15,17H2,1-2H3. The van der Waals surface area contributed by atoms with E-state index in [4.69, 9.17) is 11.6 Å². The molecule has 0 amide bonds. The lowest BCUT2D eigenvalue weighted by Gasteiger charge is -2.32. The molecule has 0 atom stereocenters. The fourth-order valence-electron chi connectivity index (χ4n) is 3.81. The number of likely N-dealkylation sites (N-methyl/N-ethyl adjacent to an activating group) is 1. The molecule has 0 spiro atoms. The van der Waals surface area contributed by atoms with Gasteiger partial charge in [-0.2, -0.15) is 0 Å². The van der Waals surface area contributed by atoms with Crippen molar-refractivity contribution in [3.63, 3.8) is 0 Å². The molecule has 1 aliphatic rings. The van der Waals surface area contributed by atoms with Crippen molar-refractivity contribution in [3.8, 4) is 16.9 Å². The van der Waals surface area contributed by atoms with Gasteiger partial charge < -0.3 is 9.47 Å². The summed E-state index contributed by atoms with van der Waals surface area (Å²) >= 11 is 6.12. The zero-order valence-electron chi connectivity index (χ0n) is 16.0. The molecule has 1 aromatic heterocycles. The summed E-state index contributed by atoms with van der Waals surface area (Å²) in [6, 6.07) is 21.1. The second kappa shape index (κ2) is 7.89. The molecular formula is C23H26ClN3. The zero-order valence-corrected chi connectivity index (χ0v) is 16.8. The number of aromatic nitrogens is 1. The lowest BCUT2D eigenvalue weighted by Crippen LogP contribution is -2.43. The highest BCUT2D eigenvalue weighted by Gasteiger charge is 2.19. The Labute approximate surface area is 166 Å². The lowest BCUT2D eigenvalue weighted by molar-refractivity contribution is 0.148. The summed E-state index contributed by atoms with van der Waals surface area (Å²) in [5.41, 5.74) is 6.32. The first-order chi connectivity index (χ1) is 13.1. The Morgan fingerprint density at radius 2 is 1.56 bits per heavy atom. The minimum atomic E-state index is 0.769. The van der Waals surface area contributed by atoms with E-state index in [0.717, 1.165) is 37.7 Å². The maximum Gasteiger partial charge on any atom is 0.0534 e. The van der Waals surface area contributed by atoms with E-state index in [-0.39, 0.29) is 0 Å². The van der Waals surface area contributed by atoms with Gasteiger partial charge in [-0.25, -0.2) is 0 Å². The molecule has 1 aliphatic heterocycles. The molecule has 1 saturated heterocycles. The first-order valence-corrected chi connectivity index (χ1v) is 9.93. The second-order valence-electron chi connectivity index (χ2n) is 7.40. The predicted molar refractivity (Wildman–Crippen MR) is 114 cm³/mol. The summed E-state index contributed by atoms with van der Waals surface area (Å²) in [7, 11) is 2.20. The molecule has 3 nitrogen and oxygen atoms in total. The predicted octanol–water partition coefficient (Wildman–Crippen LogP) is 4.85. The Balaban J connectivity index is 1.74. The largest absolute Gasteiger partial charge is 0.314 e. The summed E-state index contributed by atoms with van der Waals surface area (Å²) in [5, 5.41) is 0.769. The summed E-state index contributed by atoms with van der Waals surface area (Å²) < 4.78 is 2.37. The van der Waals surface area contributed by atoms with Gasteiger partial charge in [-0.15, -0.1) is 0 Å². The molecule has 2 aromatic carbocycles. The lowest BCUT2D eigenvalue weighted by atomic mass is 10.1. The number of nitrogens with zero attached hydrogens (tertiary/aromatic N) is 3. The Hall–Kier alpha value is -2.07. The second-order valence-corrected chi connectivity index (χ2v) is 7.83. The third-order valence-corrected chi connectivity index (χ3v) is 5.75.